The second-order valence-corrected chi connectivity index (χ2v) is 8.72. The summed E-state index contributed by atoms with van der Waals surface area (Å²) in [5, 5.41) is 10.6. The Hall–Kier alpha value is -2.72. The zero-order valence-electron chi connectivity index (χ0n) is 16.1. The van der Waals surface area contributed by atoms with E-state index in [1.54, 1.807) is 0 Å². The van der Waals surface area contributed by atoms with Crippen LogP contribution in [0.15, 0.2) is 76.3 Å². The molecule has 0 bridgehead atoms. The number of thiophene rings is 1. The van der Waals surface area contributed by atoms with Gasteiger partial charge in [0.1, 0.15) is 11.6 Å². The molecule has 1 fully saturated rings. The Morgan fingerprint density at radius 3 is 1.75 bits per heavy atom. The van der Waals surface area contributed by atoms with Gasteiger partial charge in [0.15, 0.2) is 0 Å². The first-order valence-electron chi connectivity index (χ1n) is 9.54. The summed E-state index contributed by atoms with van der Waals surface area (Å²) < 4.78 is 84.1. The smallest absolute Gasteiger partial charge is 0.335 e. The van der Waals surface area contributed by atoms with Crippen LogP contribution in [0.4, 0.5) is 26.3 Å². The van der Waals surface area contributed by atoms with Crippen LogP contribution in [0.5, 0.6) is 0 Å². The molecule has 3 aromatic rings. The van der Waals surface area contributed by atoms with Crippen LogP contribution in [-0.4, -0.2) is 5.72 Å². The van der Waals surface area contributed by atoms with Gasteiger partial charge in [-0.25, -0.2) is 0 Å². The van der Waals surface area contributed by atoms with E-state index in [1.165, 1.54) is 35.6 Å². The van der Waals surface area contributed by atoms with Gasteiger partial charge < -0.3 is 4.74 Å². The third kappa shape index (κ3) is 3.41. The van der Waals surface area contributed by atoms with E-state index in [9.17, 15) is 26.3 Å². The second-order valence-electron chi connectivity index (χ2n) is 7.75. The summed E-state index contributed by atoms with van der Waals surface area (Å²) in [4.78, 5) is 0.930. The van der Waals surface area contributed by atoms with Gasteiger partial charge in [-0.15, -0.1) is 11.3 Å². The highest BCUT2D eigenvalue weighted by Gasteiger charge is 2.66. The van der Waals surface area contributed by atoms with Crippen LogP contribution >= 0.6 is 11.3 Å². The minimum absolute atomic E-state index is 0.166. The summed E-state index contributed by atoms with van der Waals surface area (Å²) in [5.74, 6) is 0. The van der Waals surface area contributed by atoms with Gasteiger partial charge in [0.2, 0.25) is 5.72 Å². The van der Waals surface area contributed by atoms with Gasteiger partial charge in [-0.3, -0.25) is 0 Å². The summed E-state index contributed by atoms with van der Waals surface area (Å²) in [6, 6.07) is 12.7. The third-order valence-electron chi connectivity index (χ3n) is 5.75. The number of rotatable bonds is 3. The highest BCUT2D eigenvalue weighted by Crippen LogP contribution is 2.63. The van der Waals surface area contributed by atoms with Gasteiger partial charge in [0.05, 0.1) is 11.1 Å². The molecule has 2 aliphatic rings. The number of hydrogen-bond donors (Lipinski definition) is 0. The molecule has 2 unspecified atom stereocenters. The van der Waals surface area contributed by atoms with E-state index in [1.807, 2.05) is 17.5 Å². The first kappa shape index (κ1) is 21.1. The van der Waals surface area contributed by atoms with E-state index >= 15 is 0 Å². The molecule has 2 atom stereocenters. The number of epoxide rings is 1. The van der Waals surface area contributed by atoms with Crippen molar-refractivity contribution < 1.29 is 31.1 Å². The lowest BCUT2D eigenvalue weighted by molar-refractivity contribution is -0.138. The van der Waals surface area contributed by atoms with Crippen molar-refractivity contribution in [2.75, 3.05) is 0 Å². The zero-order chi connectivity index (χ0) is 22.8. The molecule has 1 aromatic heterocycles. The van der Waals surface area contributed by atoms with Crippen LogP contribution in [0.25, 0.3) is 0 Å². The van der Waals surface area contributed by atoms with E-state index < -0.39 is 34.7 Å². The summed E-state index contributed by atoms with van der Waals surface area (Å²) in [7, 11) is 0. The van der Waals surface area contributed by atoms with E-state index in [0.717, 1.165) is 29.1 Å². The van der Waals surface area contributed by atoms with Crippen LogP contribution in [0, 0.1) is 0 Å². The van der Waals surface area contributed by atoms with Gasteiger partial charge in [-0.2, -0.15) is 36.6 Å². The first-order chi connectivity index (χ1) is 15.0. The van der Waals surface area contributed by atoms with Gasteiger partial charge in [0.25, 0.3) is 0 Å². The maximum Gasteiger partial charge on any atom is 0.416 e. The summed E-state index contributed by atoms with van der Waals surface area (Å²) in [6.45, 7) is 0. The van der Waals surface area contributed by atoms with Crippen LogP contribution < -0.4 is 0 Å². The SMILES string of the molecule is FC(F)(F)c1ccc(C2(c3ccc(C(F)(F)F)cc3)CC3(N=N2)OC3c2cccs2)cc1. The van der Waals surface area contributed by atoms with Gasteiger partial charge >= 0.3 is 12.4 Å². The molecule has 5 rings (SSSR count). The molecule has 0 radical (unpaired) electrons. The molecule has 2 aliphatic heterocycles. The van der Waals surface area contributed by atoms with Gasteiger partial charge in [-0.05, 0) is 46.8 Å². The van der Waals surface area contributed by atoms with Crippen molar-refractivity contribution in [1.29, 1.82) is 0 Å². The fourth-order valence-electron chi connectivity index (χ4n) is 4.06. The number of hydrogen-bond acceptors (Lipinski definition) is 4. The molecule has 10 heteroatoms. The van der Waals surface area contributed by atoms with Crippen LogP contribution in [0.2, 0.25) is 0 Å². The van der Waals surface area contributed by atoms with Crippen LogP contribution in [0.3, 0.4) is 0 Å². The molecular weight excluding hydrogens is 454 g/mol. The first-order valence-corrected chi connectivity index (χ1v) is 10.4. The maximum absolute atomic E-state index is 13.0. The Bertz CT molecular complexity index is 1100. The Balaban J connectivity index is 1.56. The number of azo groups is 1. The normalized spacial score (nSPS) is 24.2. The molecule has 0 aliphatic carbocycles. The summed E-state index contributed by atoms with van der Waals surface area (Å²) >= 11 is 1.48. The minimum atomic E-state index is -4.51. The Morgan fingerprint density at radius 2 is 1.31 bits per heavy atom. The molecule has 3 heterocycles. The van der Waals surface area contributed by atoms with Crippen molar-refractivity contribution in [2.45, 2.75) is 36.1 Å². The topological polar surface area (TPSA) is 37.2 Å². The molecule has 0 N–H and O–H groups in total. The minimum Gasteiger partial charge on any atom is -0.335 e. The molecule has 32 heavy (non-hydrogen) atoms. The maximum atomic E-state index is 13.0. The van der Waals surface area contributed by atoms with E-state index in [2.05, 4.69) is 10.2 Å². The highest BCUT2D eigenvalue weighted by atomic mass is 32.1. The number of halogens is 6. The van der Waals surface area contributed by atoms with Crippen molar-refractivity contribution in [3.8, 4) is 0 Å². The number of benzene rings is 2. The third-order valence-corrected chi connectivity index (χ3v) is 6.67. The molecule has 1 saturated heterocycles. The average molecular weight is 468 g/mol. The van der Waals surface area contributed by atoms with Crippen molar-refractivity contribution in [2.24, 2.45) is 10.2 Å². The van der Waals surface area contributed by atoms with Gasteiger partial charge in [0, 0.05) is 11.3 Å². The molecular formula is C22H14F6N2OS. The number of alkyl halides is 6. The fourth-order valence-corrected chi connectivity index (χ4v) is 4.89. The monoisotopic (exact) mass is 468 g/mol. The van der Waals surface area contributed by atoms with Crippen molar-refractivity contribution in [3.63, 3.8) is 0 Å². The number of nitrogens with zero attached hydrogens (tertiary/aromatic N) is 2. The fraction of sp³-hybridized carbons (Fsp3) is 0.273. The Kier molecular flexibility index (Phi) is 4.55. The quantitative estimate of drug-likeness (QED) is 0.292. The molecule has 0 amide bonds. The Morgan fingerprint density at radius 1 is 0.781 bits per heavy atom. The highest BCUT2D eigenvalue weighted by molar-refractivity contribution is 7.10. The lowest BCUT2D eigenvalue weighted by atomic mass is 9.78. The predicted molar refractivity (Wildman–Crippen MR) is 104 cm³/mol. The van der Waals surface area contributed by atoms with Gasteiger partial charge in [-0.1, -0.05) is 30.3 Å². The average Bonchev–Trinajstić information content (AvgIpc) is 3.09. The van der Waals surface area contributed by atoms with Crippen molar-refractivity contribution >= 4 is 11.3 Å². The van der Waals surface area contributed by atoms with Crippen LogP contribution in [-0.2, 0) is 22.6 Å². The summed E-state index contributed by atoms with van der Waals surface area (Å²) in [5.41, 5.74) is -3.12. The second kappa shape index (κ2) is 6.89. The van der Waals surface area contributed by atoms with E-state index in [4.69, 9.17) is 4.74 Å². The van der Waals surface area contributed by atoms with Crippen molar-refractivity contribution in [3.05, 3.63) is 93.2 Å². The lowest BCUT2D eigenvalue weighted by Gasteiger charge is -2.27. The molecule has 1 spiro atoms. The summed E-state index contributed by atoms with van der Waals surface area (Å²) in [6.07, 6.45) is -9.21. The molecule has 166 valence electrons. The van der Waals surface area contributed by atoms with E-state index in [0.29, 0.717) is 11.1 Å². The van der Waals surface area contributed by atoms with Crippen LogP contribution in [0.1, 0.15) is 39.7 Å². The Labute approximate surface area is 182 Å². The van der Waals surface area contributed by atoms with E-state index in [-0.39, 0.29) is 12.5 Å². The largest absolute Gasteiger partial charge is 0.416 e. The number of ether oxygens (including phenoxy) is 1. The van der Waals surface area contributed by atoms with Crippen molar-refractivity contribution in [1.82, 2.24) is 0 Å². The zero-order valence-corrected chi connectivity index (χ0v) is 16.9. The standard InChI is InChI=1S/C22H14F6N2OS/c23-21(24,25)15-7-3-13(4-8-15)19(14-5-9-16(10-6-14)22(26,27)28)12-20(30-29-19)18(31-20)17-2-1-11-32-17/h1-11,18H,12H2. The lowest BCUT2D eigenvalue weighted by Crippen LogP contribution is -2.27. The predicted octanol–water partition coefficient (Wildman–Crippen LogP) is 7.35. The molecule has 2 aromatic carbocycles. The molecule has 0 saturated carbocycles. The molecule has 3 nitrogen and oxygen atoms in total.